The highest BCUT2D eigenvalue weighted by Crippen LogP contribution is 2.26. The number of piperidine rings is 1. The Bertz CT molecular complexity index is 729. The first-order valence-electron chi connectivity index (χ1n) is 6.81. The van der Waals surface area contributed by atoms with Crippen LogP contribution in [0.25, 0.3) is 21.6 Å². The van der Waals surface area contributed by atoms with E-state index in [4.69, 9.17) is 4.52 Å². The van der Waals surface area contributed by atoms with Crippen LogP contribution < -0.4 is 5.32 Å². The summed E-state index contributed by atoms with van der Waals surface area (Å²) in [5, 5.41) is 9.54. The minimum absolute atomic E-state index is 0.198. The van der Waals surface area contributed by atoms with Gasteiger partial charge in [0.05, 0.1) is 16.3 Å². The van der Waals surface area contributed by atoms with Gasteiger partial charge in [0.25, 0.3) is 0 Å². The summed E-state index contributed by atoms with van der Waals surface area (Å²) in [6.45, 7) is 1.02. The van der Waals surface area contributed by atoms with E-state index in [1.807, 2.05) is 11.4 Å². The summed E-state index contributed by atoms with van der Waals surface area (Å²) >= 11 is 1.67. The molecule has 5 nitrogen and oxygen atoms in total. The number of pyridine rings is 1. The largest absolute Gasteiger partial charge is 0.337 e. The van der Waals surface area contributed by atoms with Gasteiger partial charge in [-0.25, -0.2) is 0 Å². The second-order valence-electron chi connectivity index (χ2n) is 4.99. The van der Waals surface area contributed by atoms with Gasteiger partial charge >= 0.3 is 0 Å². The smallest absolute Gasteiger partial charge is 0.244 e. The molecular formula is C14H14N4OS. The van der Waals surface area contributed by atoms with Crippen molar-refractivity contribution in [3.8, 4) is 11.4 Å². The van der Waals surface area contributed by atoms with E-state index >= 15 is 0 Å². The van der Waals surface area contributed by atoms with E-state index in [-0.39, 0.29) is 6.04 Å². The van der Waals surface area contributed by atoms with Gasteiger partial charge in [0, 0.05) is 11.8 Å². The second-order valence-corrected chi connectivity index (χ2v) is 5.93. The average Bonchev–Trinajstić information content (AvgIpc) is 3.16. The van der Waals surface area contributed by atoms with Crippen molar-refractivity contribution in [3.05, 3.63) is 29.6 Å². The van der Waals surface area contributed by atoms with Crippen LogP contribution in [-0.4, -0.2) is 21.7 Å². The number of hydrogen-bond acceptors (Lipinski definition) is 6. The number of thiophene rings is 1. The number of rotatable bonds is 2. The number of nitrogens with zero attached hydrogens (tertiary/aromatic N) is 3. The SMILES string of the molecule is c1cc2ncc(-c3noc([C@H]4CCCCN4)n3)cc2s1. The summed E-state index contributed by atoms with van der Waals surface area (Å²) < 4.78 is 6.55. The van der Waals surface area contributed by atoms with Crippen LogP contribution in [0, 0.1) is 0 Å². The van der Waals surface area contributed by atoms with Crippen LogP contribution >= 0.6 is 11.3 Å². The third kappa shape index (κ3) is 2.10. The molecule has 1 aliphatic heterocycles. The zero-order valence-electron chi connectivity index (χ0n) is 10.9. The molecule has 0 saturated carbocycles. The van der Waals surface area contributed by atoms with Crippen molar-refractivity contribution in [1.82, 2.24) is 20.4 Å². The second kappa shape index (κ2) is 4.96. The maximum absolute atomic E-state index is 5.40. The van der Waals surface area contributed by atoms with Crippen molar-refractivity contribution < 1.29 is 4.52 Å². The minimum atomic E-state index is 0.198. The summed E-state index contributed by atoms with van der Waals surface area (Å²) in [7, 11) is 0. The molecule has 1 saturated heterocycles. The Hall–Kier alpha value is -1.79. The Morgan fingerprint density at radius 2 is 2.35 bits per heavy atom. The van der Waals surface area contributed by atoms with E-state index < -0.39 is 0 Å². The number of nitrogens with one attached hydrogen (secondary N) is 1. The summed E-state index contributed by atoms with van der Waals surface area (Å²) in [5.74, 6) is 1.31. The first-order valence-corrected chi connectivity index (χ1v) is 7.69. The fourth-order valence-corrected chi connectivity index (χ4v) is 3.31. The third-order valence-corrected chi connectivity index (χ3v) is 4.46. The van der Waals surface area contributed by atoms with Crippen LogP contribution in [-0.2, 0) is 0 Å². The summed E-state index contributed by atoms with van der Waals surface area (Å²) in [6.07, 6.45) is 5.29. The maximum Gasteiger partial charge on any atom is 0.244 e. The third-order valence-electron chi connectivity index (χ3n) is 3.61. The van der Waals surface area contributed by atoms with Crippen LogP contribution in [0.15, 0.2) is 28.2 Å². The van der Waals surface area contributed by atoms with Gasteiger partial charge in [0.1, 0.15) is 0 Å². The Morgan fingerprint density at radius 1 is 1.35 bits per heavy atom. The molecule has 102 valence electrons. The van der Waals surface area contributed by atoms with Crippen molar-refractivity contribution in [2.45, 2.75) is 25.3 Å². The number of hydrogen-bond donors (Lipinski definition) is 1. The number of aromatic nitrogens is 3. The molecule has 0 radical (unpaired) electrons. The van der Waals surface area contributed by atoms with E-state index in [0.29, 0.717) is 11.7 Å². The molecule has 0 aliphatic carbocycles. The molecule has 1 atom stereocenters. The van der Waals surface area contributed by atoms with Crippen molar-refractivity contribution in [2.24, 2.45) is 0 Å². The van der Waals surface area contributed by atoms with Crippen molar-refractivity contribution >= 4 is 21.6 Å². The molecule has 20 heavy (non-hydrogen) atoms. The monoisotopic (exact) mass is 286 g/mol. The molecule has 4 heterocycles. The fourth-order valence-electron chi connectivity index (χ4n) is 2.53. The van der Waals surface area contributed by atoms with Crippen LogP contribution in [0.3, 0.4) is 0 Å². The van der Waals surface area contributed by atoms with Gasteiger partial charge < -0.3 is 9.84 Å². The van der Waals surface area contributed by atoms with Crippen molar-refractivity contribution in [3.63, 3.8) is 0 Å². The molecule has 0 spiro atoms. The standard InChI is InChI=1S/C14H14N4OS/c1-2-5-15-11(3-1)14-17-13(18-19-14)9-7-12-10(16-8-9)4-6-20-12/h4,6-8,11,15H,1-3,5H2/t11-/m1/s1. The van der Waals surface area contributed by atoms with Crippen LogP contribution in [0.1, 0.15) is 31.2 Å². The highest BCUT2D eigenvalue weighted by molar-refractivity contribution is 7.17. The molecule has 1 fully saturated rings. The Kier molecular flexibility index (Phi) is 2.97. The molecule has 0 amide bonds. The molecule has 4 rings (SSSR count). The van der Waals surface area contributed by atoms with E-state index in [1.165, 1.54) is 12.8 Å². The van der Waals surface area contributed by atoms with E-state index in [2.05, 4.69) is 26.5 Å². The van der Waals surface area contributed by atoms with E-state index in [9.17, 15) is 0 Å². The highest BCUT2D eigenvalue weighted by atomic mass is 32.1. The van der Waals surface area contributed by atoms with Gasteiger partial charge in [-0.1, -0.05) is 11.6 Å². The van der Waals surface area contributed by atoms with Crippen LogP contribution in [0.4, 0.5) is 0 Å². The highest BCUT2D eigenvalue weighted by Gasteiger charge is 2.21. The zero-order valence-corrected chi connectivity index (χ0v) is 11.7. The lowest BCUT2D eigenvalue weighted by Crippen LogP contribution is -2.26. The molecule has 6 heteroatoms. The topological polar surface area (TPSA) is 63.8 Å². The lowest BCUT2D eigenvalue weighted by atomic mass is 10.1. The first kappa shape index (κ1) is 12.0. The number of fused-ring (bicyclic) bond motifs is 1. The fraction of sp³-hybridized carbons (Fsp3) is 0.357. The average molecular weight is 286 g/mol. The quantitative estimate of drug-likeness (QED) is 0.784. The Labute approximate surface area is 120 Å². The van der Waals surface area contributed by atoms with Gasteiger partial charge in [0.2, 0.25) is 11.7 Å². The molecule has 0 unspecified atom stereocenters. The van der Waals surface area contributed by atoms with Gasteiger partial charge in [-0.15, -0.1) is 11.3 Å². The Balaban J connectivity index is 1.66. The molecule has 0 aromatic carbocycles. The van der Waals surface area contributed by atoms with Crippen LogP contribution in [0.5, 0.6) is 0 Å². The normalized spacial score (nSPS) is 19.5. The van der Waals surface area contributed by atoms with Crippen molar-refractivity contribution in [1.29, 1.82) is 0 Å². The maximum atomic E-state index is 5.40. The van der Waals surface area contributed by atoms with Gasteiger partial charge in [-0.2, -0.15) is 4.98 Å². The molecule has 1 N–H and O–H groups in total. The zero-order chi connectivity index (χ0) is 13.4. The summed E-state index contributed by atoms with van der Waals surface area (Å²) in [6, 6.07) is 4.27. The lowest BCUT2D eigenvalue weighted by molar-refractivity contribution is 0.297. The molecular weight excluding hydrogens is 272 g/mol. The predicted octanol–water partition coefficient (Wildman–Crippen LogP) is 3.16. The Morgan fingerprint density at radius 3 is 3.25 bits per heavy atom. The lowest BCUT2D eigenvalue weighted by Gasteiger charge is -2.19. The van der Waals surface area contributed by atoms with Gasteiger partial charge in [-0.05, 0) is 36.9 Å². The first-order chi connectivity index (χ1) is 9.90. The van der Waals surface area contributed by atoms with E-state index in [1.54, 1.807) is 17.5 Å². The molecule has 0 bridgehead atoms. The van der Waals surface area contributed by atoms with Crippen LogP contribution in [0.2, 0.25) is 0 Å². The van der Waals surface area contributed by atoms with E-state index in [0.717, 1.165) is 28.7 Å². The van der Waals surface area contributed by atoms with Crippen molar-refractivity contribution in [2.75, 3.05) is 6.54 Å². The minimum Gasteiger partial charge on any atom is -0.337 e. The molecule has 1 aliphatic rings. The predicted molar refractivity (Wildman–Crippen MR) is 77.5 cm³/mol. The summed E-state index contributed by atoms with van der Waals surface area (Å²) in [5.41, 5.74) is 1.92. The van der Waals surface area contributed by atoms with Gasteiger partial charge in [-0.3, -0.25) is 4.98 Å². The molecule has 3 aromatic rings. The summed E-state index contributed by atoms with van der Waals surface area (Å²) in [4.78, 5) is 8.93. The molecule has 3 aromatic heterocycles. The van der Waals surface area contributed by atoms with Gasteiger partial charge in [0.15, 0.2) is 0 Å².